The lowest BCUT2D eigenvalue weighted by atomic mass is 10.1. The Morgan fingerprint density at radius 2 is 1.84 bits per heavy atom. The van der Waals surface area contributed by atoms with E-state index in [1.165, 1.54) is 23.3 Å². The van der Waals surface area contributed by atoms with E-state index in [4.69, 9.17) is 28.0 Å². The summed E-state index contributed by atoms with van der Waals surface area (Å²) in [5.41, 5.74) is 0.149. The van der Waals surface area contributed by atoms with Crippen LogP contribution in [0.25, 0.3) is 0 Å². The van der Waals surface area contributed by atoms with Crippen molar-refractivity contribution < 1.29 is 23.1 Å². The van der Waals surface area contributed by atoms with Crippen LogP contribution in [0, 0.1) is 0 Å². The van der Waals surface area contributed by atoms with Gasteiger partial charge in [-0.15, -0.1) is 0 Å². The fourth-order valence-electron chi connectivity index (χ4n) is 2.36. The minimum atomic E-state index is -4.42. The highest BCUT2D eigenvalue weighted by Gasteiger charge is 2.31. The van der Waals surface area contributed by atoms with Gasteiger partial charge in [0, 0.05) is 5.56 Å². The van der Waals surface area contributed by atoms with Crippen LogP contribution in [0.5, 0.6) is 5.75 Å². The van der Waals surface area contributed by atoms with Crippen LogP contribution in [0.15, 0.2) is 41.4 Å². The number of phenols is 1. The van der Waals surface area contributed by atoms with Gasteiger partial charge in [-0.3, -0.25) is 0 Å². The largest absolute Gasteiger partial charge is 0.505 e. The normalized spacial score (nSPS) is 14.8. The van der Waals surface area contributed by atoms with E-state index < -0.39 is 11.7 Å². The molecule has 0 unspecified atom stereocenters. The highest BCUT2D eigenvalue weighted by Crippen LogP contribution is 2.34. The van der Waals surface area contributed by atoms with Gasteiger partial charge in [-0.1, -0.05) is 35.3 Å². The highest BCUT2D eigenvalue weighted by atomic mass is 35.5. The first-order valence-corrected chi connectivity index (χ1v) is 7.80. The van der Waals surface area contributed by atoms with E-state index in [0.717, 1.165) is 12.1 Å². The molecule has 0 atom stereocenters. The van der Waals surface area contributed by atoms with Crippen LogP contribution >= 0.6 is 23.2 Å². The number of rotatable bonds is 3. The third kappa shape index (κ3) is 3.84. The second-order valence-electron chi connectivity index (χ2n) is 5.26. The van der Waals surface area contributed by atoms with Crippen molar-refractivity contribution in [1.82, 2.24) is 5.06 Å². The smallest absolute Gasteiger partial charge is 0.416 e. The van der Waals surface area contributed by atoms with Crippen molar-refractivity contribution in [3.05, 3.63) is 63.1 Å². The quantitative estimate of drug-likeness (QED) is 0.812. The minimum absolute atomic E-state index is 0.0183. The zero-order valence-electron chi connectivity index (χ0n) is 12.5. The highest BCUT2D eigenvalue weighted by molar-refractivity contribution is 6.37. The van der Waals surface area contributed by atoms with Gasteiger partial charge >= 0.3 is 6.18 Å². The number of hydroxylamine groups is 2. The maximum atomic E-state index is 12.8. The molecule has 4 nitrogen and oxygen atoms in total. The summed E-state index contributed by atoms with van der Waals surface area (Å²) in [6, 6.07) is 7.86. The maximum Gasteiger partial charge on any atom is 0.416 e. The Kier molecular flexibility index (Phi) is 4.81. The molecule has 2 aromatic carbocycles. The number of phenolic OH excluding ortho intramolecular Hbond substituents is 1. The van der Waals surface area contributed by atoms with Gasteiger partial charge in [0.05, 0.1) is 22.2 Å². The second-order valence-corrected chi connectivity index (χ2v) is 6.08. The van der Waals surface area contributed by atoms with E-state index >= 15 is 0 Å². The lowest BCUT2D eigenvalue weighted by Gasteiger charge is -2.20. The number of hydrogen-bond donors (Lipinski definition) is 1. The van der Waals surface area contributed by atoms with Crippen molar-refractivity contribution in [1.29, 1.82) is 0 Å². The van der Waals surface area contributed by atoms with Crippen molar-refractivity contribution in [3.63, 3.8) is 0 Å². The van der Waals surface area contributed by atoms with Gasteiger partial charge < -0.3 is 5.11 Å². The Morgan fingerprint density at radius 1 is 1.16 bits per heavy atom. The predicted octanol–water partition coefficient (Wildman–Crippen LogP) is 4.87. The topological polar surface area (TPSA) is 45.1 Å². The first-order valence-electron chi connectivity index (χ1n) is 7.05. The van der Waals surface area contributed by atoms with Gasteiger partial charge in [0.25, 0.3) is 0 Å². The van der Waals surface area contributed by atoms with Crippen molar-refractivity contribution in [2.24, 2.45) is 4.99 Å². The van der Waals surface area contributed by atoms with Gasteiger partial charge in [0.1, 0.15) is 0 Å². The molecular weight excluding hydrogens is 380 g/mol. The molecule has 2 aromatic rings. The fourth-order valence-corrected chi connectivity index (χ4v) is 2.85. The molecule has 3 rings (SSSR count). The average Bonchev–Trinajstić information content (AvgIpc) is 2.99. The van der Waals surface area contributed by atoms with E-state index in [1.807, 2.05) is 0 Å². The van der Waals surface area contributed by atoms with Crippen molar-refractivity contribution in [2.75, 3.05) is 6.73 Å². The SMILES string of the molecule is Oc1c(Cl)cc(C2=NCON2Cc2cccc(C(F)(F)F)c2)cc1Cl. The van der Waals surface area contributed by atoms with Gasteiger partial charge in [0.2, 0.25) is 0 Å². The van der Waals surface area contributed by atoms with Crippen molar-refractivity contribution in [3.8, 4) is 5.75 Å². The zero-order valence-corrected chi connectivity index (χ0v) is 14.0. The van der Waals surface area contributed by atoms with Gasteiger partial charge in [-0.25, -0.2) is 14.9 Å². The molecule has 1 N–H and O–H groups in total. The Bertz CT molecular complexity index is 817. The number of alkyl halides is 3. The summed E-state index contributed by atoms with van der Waals surface area (Å²) in [6.45, 7) is 0.0727. The fraction of sp³-hybridized carbons (Fsp3) is 0.188. The van der Waals surface area contributed by atoms with Crippen molar-refractivity contribution >= 4 is 29.0 Å². The minimum Gasteiger partial charge on any atom is -0.505 e. The zero-order chi connectivity index (χ0) is 18.2. The molecule has 0 amide bonds. The number of aliphatic imine (C=N–C) groups is 1. The summed E-state index contributed by atoms with van der Waals surface area (Å²) in [6.07, 6.45) is -4.42. The molecule has 1 aliphatic rings. The monoisotopic (exact) mass is 390 g/mol. The molecule has 0 fully saturated rings. The van der Waals surface area contributed by atoms with Crippen LogP contribution in [-0.4, -0.2) is 22.7 Å². The van der Waals surface area contributed by atoms with Gasteiger partial charge in [-0.2, -0.15) is 13.2 Å². The number of amidine groups is 1. The number of aromatic hydroxyl groups is 1. The summed E-state index contributed by atoms with van der Waals surface area (Å²) < 4.78 is 38.5. The third-order valence-electron chi connectivity index (χ3n) is 3.52. The third-order valence-corrected chi connectivity index (χ3v) is 4.10. The predicted molar refractivity (Wildman–Crippen MR) is 87.6 cm³/mol. The van der Waals surface area contributed by atoms with E-state index in [1.54, 1.807) is 6.07 Å². The summed E-state index contributed by atoms with van der Waals surface area (Å²) in [4.78, 5) is 9.52. The molecule has 0 spiro atoms. The van der Waals surface area contributed by atoms with E-state index in [9.17, 15) is 18.3 Å². The first-order chi connectivity index (χ1) is 11.8. The molecule has 1 heterocycles. The lowest BCUT2D eigenvalue weighted by Crippen LogP contribution is -2.26. The Balaban J connectivity index is 1.86. The Hall–Kier alpha value is -1.96. The molecule has 9 heteroatoms. The molecular formula is C16H11Cl2F3N2O2. The van der Waals surface area contributed by atoms with Crippen LogP contribution < -0.4 is 0 Å². The van der Waals surface area contributed by atoms with E-state index in [0.29, 0.717) is 17.0 Å². The van der Waals surface area contributed by atoms with Gasteiger partial charge in [-0.05, 0) is 29.8 Å². The average molecular weight is 391 g/mol. The standard InChI is InChI=1S/C16H11Cl2F3N2O2/c17-12-5-10(6-13(18)14(12)24)15-22-8-25-23(15)7-9-2-1-3-11(4-9)16(19,20)21/h1-6,24H,7-8H2. The number of nitrogens with zero attached hydrogens (tertiary/aromatic N) is 2. The Morgan fingerprint density at radius 3 is 2.48 bits per heavy atom. The molecule has 0 saturated heterocycles. The molecule has 0 radical (unpaired) electrons. The van der Waals surface area contributed by atoms with Crippen LogP contribution in [-0.2, 0) is 17.6 Å². The van der Waals surface area contributed by atoms with Gasteiger partial charge in [0.15, 0.2) is 18.3 Å². The molecule has 1 aliphatic heterocycles. The summed E-state index contributed by atoms with van der Waals surface area (Å²) >= 11 is 11.8. The van der Waals surface area contributed by atoms with Crippen LogP contribution in [0.3, 0.4) is 0 Å². The summed E-state index contributed by atoms with van der Waals surface area (Å²) in [7, 11) is 0. The molecule has 25 heavy (non-hydrogen) atoms. The molecule has 132 valence electrons. The molecule has 0 saturated carbocycles. The molecule has 0 aliphatic carbocycles. The molecule has 0 aromatic heterocycles. The number of benzene rings is 2. The number of hydrogen-bond acceptors (Lipinski definition) is 4. The van der Waals surface area contributed by atoms with E-state index in [-0.39, 0.29) is 29.1 Å². The molecule has 0 bridgehead atoms. The summed E-state index contributed by atoms with van der Waals surface area (Å²) in [5.74, 6) is 0.109. The lowest BCUT2D eigenvalue weighted by molar-refractivity contribution is -0.137. The van der Waals surface area contributed by atoms with Crippen molar-refractivity contribution in [2.45, 2.75) is 12.7 Å². The number of halogens is 5. The second kappa shape index (κ2) is 6.74. The van der Waals surface area contributed by atoms with Crippen LogP contribution in [0.2, 0.25) is 10.0 Å². The van der Waals surface area contributed by atoms with E-state index in [2.05, 4.69) is 4.99 Å². The Labute approximate surface area is 151 Å². The summed E-state index contributed by atoms with van der Waals surface area (Å²) in [5, 5.41) is 11.1. The van der Waals surface area contributed by atoms with Crippen LogP contribution in [0.1, 0.15) is 16.7 Å². The first kappa shape index (κ1) is 17.8. The maximum absolute atomic E-state index is 12.8. The van der Waals surface area contributed by atoms with Crippen LogP contribution in [0.4, 0.5) is 13.2 Å².